The molecule has 2 aromatic carbocycles. The molecule has 1 saturated heterocycles. The molecule has 1 N–H and O–H groups in total. The number of nitro benzene ring substituents is 1. The summed E-state index contributed by atoms with van der Waals surface area (Å²) in [5.74, 6) is -0.246. The van der Waals surface area contributed by atoms with Gasteiger partial charge < -0.3 is 14.8 Å². The van der Waals surface area contributed by atoms with Crippen molar-refractivity contribution in [3.8, 4) is 11.5 Å². The topological polar surface area (TPSA) is 111 Å². The van der Waals surface area contributed by atoms with Crippen molar-refractivity contribution in [3.05, 3.63) is 69.4 Å². The predicted octanol–water partition coefficient (Wildman–Crippen LogP) is 2.70. The van der Waals surface area contributed by atoms with Crippen LogP contribution >= 0.6 is 0 Å². The van der Waals surface area contributed by atoms with E-state index in [0.717, 1.165) is 10.5 Å². The average Bonchev–Trinajstić information content (AvgIpc) is 2.95. The van der Waals surface area contributed by atoms with Gasteiger partial charge in [0.2, 0.25) is 5.75 Å². The Hall–Kier alpha value is -3.88. The van der Waals surface area contributed by atoms with Crippen molar-refractivity contribution in [2.45, 2.75) is 6.54 Å². The van der Waals surface area contributed by atoms with Crippen LogP contribution in [-0.2, 0) is 11.3 Å². The summed E-state index contributed by atoms with van der Waals surface area (Å²) in [7, 11) is 2.70. The third-order valence-electron chi connectivity index (χ3n) is 4.17. The number of nitrogens with zero attached hydrogens (tertiary/aromatic N) is 2. The van der Waals surface area contributed by atoms with Crippen LogP contribution in [0.4, 0.5) is 10.5 Å². The highest BCUT2D eigenvalue weighted by atomic mass is 16.6. The van der Waals surface area contributed by atoms with Crippen molar-refractivity contribution in [1.29, 1.82) is 0 Å². The summed E-state index contributed by atoms with van der Waals surface area (Å²) in [5.41, 5.74) is 0.775. The Morgan fingerprint density at radius 2 is 1.79 bits per heavy atom. The number of imide groups is 1. The lowest BCUT2D eigenvalue weighted by Crippen LogP contribution is -2.30. The van der Waals surface area contributed by atoms with E-state index in [1.165, 1.54) is 32.4 Å². The Morgan fingerprint density at radius 1 is 1.11 bits per heavy atom. The molecule has 1 heterocycles. The van der Waals surface area contributed by atoms with Crippen LogP contribution in [0.1, 0.15) is 11.1 Å². The summed E-state index contributed by atoms with van der Waals surface area (Å²) in [4.78, 5) is 36.6. The van der Waals surface area contributed by atoms with Crippen LogP contribution in [0.2, 0.25) is 0 Å². The molecule has 1 fully saturated rings. The van der Waals surface area contributed by atoms with Crippen LogP contribution in [0.15, 0.2) is 48.2 Å². The minimum atomic E-state index is -0.600. The van der Waals surface area contributed by atoms with Gasteiger partial charge in [0.05, 0.1) is 25.7 Å². The minimum absolute atomic E-state index is 0.00121. The fourth-order valence-electron chi connectivity index (χ4n) is 2.80. The van der Waals surface area contributed by atoms with Gasteiger partial charge in [-0.05, 0) is 11.6 Å². The van der Waals surface area contributed by atoms with Crippen molar-refractivity contribution >= 4 is 23.7 Å². The monoisotopic (exact) mass is 383 g/mol. The Kier molecular flexibility index (Phi) is 5.25. The predicted molar refractivity (Wildman–Crippen MR) is 99.7 cm³/mol. The van der Waals surface area contributed by atoms with E-state index < -0.39 is 16.9 Å². The molecule has 0 aromatic heterocycles. The number of nitrogens with one attached hydrogen (secondary N) is 1. The van der Waals surface area contributed by atoms with Gasteiger partial charge in [0.15, 0.2) is 0 Å². The summed E-state index contributed by atoms with van der Waals surface area (Å²) < 4.78 is 10.2. The van der Waals surface area contributed by atoms with Gasteiger partial charge in [-0.2, -0.15) is 0 Å². The molecule has 0 atom stereocenters. The number of ether oxygens (including phenoxy) is 2. The molecule has 3 amide bonds. The average molecular weight is 383 g/mol. The number of nitro groups is 1. The van der Waals surface area contributed by atoms with Crippen molar-refractivity contribution < 1.29 is 24.0 Å². The van der Waals surface area contributed by atoms with Crippen molar-refractivity contribution in [1.82, 2.24) is 10.2 Å². The lowest BCUT2D eigenvalue weighted by Gasteiger charge is -2.11. The molecule has 0 unspecified atom stereocenters. The maximum Gasteiger partial charge on any atom is 0.329 e. The zero-order valence-electron chi connectivity index (χ0n) is 15.2. The third-order valence-corrected chi connectivity index (χ3v) is 4.17. The maximum absolute atomic E-state index is 12.6. The molecule has 144 valence electrons. The van der Waals surface area contributed by atoms with Crippen molar-refractivity contribution in [2.75, 3.05) is 14.2 Å². The summed E-state index contributed by atoms with van der Waals surface area (Å²) in [6, 6.07) is 11.1. The quantitative estimate of drug-likeness (QED) is 0.355. The first kappa shape index (κ1) is 18.9. The first-order chi connectivity index (χ1) is 13.4. The molecule has 3 rings (SSSR count). The third kappa shape index (κ3) is 3.63. The Morgan fingerprint density at radius 3 is 2.39 bits per heavy atom. The first-order valence-corrected chi connectivity index (χ1v) is 8.23. The standard InChI is InChI=1S/C19H17N3O6/c1-27-16-10-17(28-2)15(22(25)26)9-13(16)8-14-18(23)21(19(24)20-14)11-12-6-4-3-5-7-12/h3-10H,11H2,1-2H3,(H,20,24)/b14-8+. The van der Waals surface area contributed by atoms with Crippen LogP contribution in [0.3, 0.4) is 0 Å². The second-order valence-electron chi connectivity index (χ2n) is 5.89. The molecule has 0 saturated carbocycles. The van der Waals surface area contributed by atoms with E-state index in [1.54, 1.807) is 12.1 Å². The van der Waals surface area contributed by atoms with Gasteiger partial charge in [0.25, 0.3) is 5.91 Å². The molecular formula is C19H17N3O6. The zero-order chi connectivity index (χ0) is 20.3. The van der Waals surface area contributed by atoms with Crippen LogP contribution in [-0.4, -0.2) is 36.0 Å². The van der Waals surface area contributed by atoms with Crippen LogP contribution in [0, 0.1) is 10.1 Å². The number of carbonyl (C=O) groups excluding carboxylic acids is 2. The highest BCUT2D eigenvalue weighted by Gasteiger charge is 2.34. The van der Waals surface area contributed by atoms with Crippen LogP contribution in [0.5, 0.6) is 11.5 Å². The Bertz CT molecular complexity index is 971. The molecule has 9 heteroatoms. The van der Waals surface area contributed by atoms with Gasteiger partial charge in [0.1, 0.15) is 11.4 Å². The SMILES string of the molecule is COc1cc(OC)c([N+](=O)[O-])cc1/C=C1/NC(=O)N(Cc2ccccc2)C1=O. The number of rotatable bonds is 6. The van der Waals surface area contributed by atoms with Gasteiger partial charge >= 0.3 is 11.7 Å². The van der Waals surface area contributed by atoms with E-state index in [9.17, 15) is 19.7 Å². The molecule has 28 heavy (non-hydrogen) atoms. The number of carbonyl (C=O) groups is 2. The summed E-state index contributed by atoms with van der Waals surface area (Å²) in [6.45, 7) is 0.114. The zero-order valence-corrected chi connectivity index (χ0v) is 15.2. The van der Waals surface area contributed by atoms with E-state index >= 15 is 0 Å². The molecule has 0 spiro atoms. The van der Waals surface area contributed by atoms with Gasteiger partial charge in [-0.25, -0.2) is 4.79 Å². The van der Waals surface area contributed by atoms with Gasteiger partial charge in [-0.15, -0.1) is 0 Å². The van der Waals surface area contributed by atoms with Gasteiger partial charge in [0, 0.05) is 17.7 Å². The van der Waals surface area contributed by atoms with E-state index in [4.69, 9.17) is 9.47 Å². The highest BCUT2D eigenvalue weighted by molar-refractivity contribution is 6.14. The van der Waals surface area contributed by atoms with E-state index in [2.05, 4.69) is 5.32 Å². The number of benzene rings is 2. The number of methoxy groups -OCH3 is 2. The molecule has 0 bridgehead atoms. The fraction of sp³-hybridized carbons (Fsp3) is 0.158. The lowest BCUT2D eigenvalue weighted by atomic mass is 10.1. The molecule has 0 aliphatic carbocycles. The smallest absolute Gasteiger partial charge is 0.329 e. The number of urea groups is 1. The van der Waals surface area contributed by atoms with E-state index in [0.29, 0.717) is 0 Å². The first-order valence-electron chi connectivity index (χ1n) is 8.23. The summed E-state index contributed by atoms with van der Waals surface area (Å²) >= 11 is 0. The number of hydrogen-bond acceptors (Lipinski definition) is 6. The second-order valence-corrected chi connectivity index (χ2v) is 5.89. The number of amides is 3. The van der Waals surface area contributed by atoms with E-state index in [-0.39, 0.29) is 35.0 Å². The second kappa shape index (κ2) is 7.78. The van der Waals surface area contributed by atoms with Gasteiger partial charge in [-0.1, -0.05) is 30.3 Å². The van der Waals surface area contributed by atoms with Crippen LogP contribution < -0.4 is 14.8 Å². The van der Waals surface area contributed by atoms with Crippen LogP contribution in [0.25, 0.3) is 6.08 Å². The molecule has 9 nitrogen and oxygen atoms in total. The van der Waals surface area contributed by atoms with E-state index in [1.807, 2.05) is 18.2 Å². The highest BCUT2D eigenvalue weighted by Crippen LogP contribution is 2.35. The largest absolute Gasteiger partial charge is 0.496 e. The fourth-order valence-corrected chi connectivity index (χ4v) is 2.80. The van der Waals surface area contributed by atoms with Crippen molar-refractivity contribution in [3.63, 3.8) is 0 Å². The molecule has 1 aliphatic rings. The normalized spacial score (nSPS) is 14.9. The lowest BCUT2D eigenvalue weighted by molar-refractivity contribution is -0.385. The van der Waals surface area contributed by atoms with Crippen molar-refractivity contribution in [2.24, 2.45) is 0 Å². The summed E-state index contributed by atoms with van der Waals surface area (Å²) in [5, 5.41) is 13.8. The molecule has 1 aliphatic heterocycles. The Labute approximate surface area is 160 Å². The molecule has 0 radical (unpaired) electrons. The Balaban J connectivity index is 1.95. The molecule has 2 aromatic rings. The number of hydrogen-bond donors (Lipinski definition) is 1. The summed E-state index contributed by atoms with van der Waals surface area (Å²) in [6.07, 6.45) is 1.34. The van der Waals surface area contributed by atoms with Gasteiger partial charge in [-0.3, -0.25) is 19.8 Å². The minimum Gasteiger partial charge on any atom is -0.496 e. The molecular weight excluding hydrogens is 366 g/mol. The maximum atomic E-state index is 12.6.